The van der Waals surface area contributed by atoms with Crippen LogP contribution in [0, 0.1) is 29.6 Å². The minimum Gasteiger partial charge on any atom is -0.383 e. The number of benzene rings is 2. The molecule has 0 spiro atoms. The number of amides is 1. The predicted molar refractivity (Wildman–Crippen MR) is 140 cm³/mol. The van der Waals surface area contributed by atoms with Crippen molar-refractivity contribution in [2.24, 2.45) is 0 Å². The van der Waals surface area contributed by atoms with E-state index in [1.165, 1.54) is 23.1 Å². The number of thioether (sulfide) groups is 1. The summed E-state index contributed by atoms with van der Waals surface area (Å²) < 4.78 is 0. The number of pyridine rings is 1. The van der Waals surface area contributed by atoms with E-state index in [1.807, 2.05) is 66.9 Å². The standard InChI is InChI=1S/C26H20N6OS2/c1-16-7-9-18(10-8-16)23-19(13-27)24(29)32-25(20(23)14-28)34-12-11-22(33)31-26-30-21(15-35-26)17-5-3-2-4-6-17/h2-10,15H,11-12H2,1H3,(H2,29,32)(H,30,31,33). The maximum Gasteiger partial charge on any atom is 0.226 e. The quantitative estimate of drug-likeness (QED) is 0.317. The Kier molecular flexibility index (Phi) is 7.41. The third-order valence-corrected chi connectivity index (χ3v) is 6.88. The van der Waals surface area contributed by atoms with E-state index in [0.29, 0.717) is 21.5 Å². The van der Waals surface area contributed by atoms with Gasteiger partial charge in [-0.2, -0.15) is 10.5 Å². The van der Waals surface area contributed by atoms with Gasteiger partial charge in [0, 0.05) is 28.7 Å². The Hall–Kier alpha value is -4.18. The van der Waals surface area contributed by atoms with Gasteiger partial charge in [0.15, 0.2) is 5.13 Å². The van der Waals surface area contributed by atoms with E-state index in [2.05, 4.69) is 27.4 Å². The SMILES string of the molecule is Cc1ccc(-c2c(C#N)c(N)nc(SCCC(=O)Nc3nc(-c4ccccc4)cs3)c2C#N)cc1. The summed E-state index contributed by atoms with van der Waals surface area (Å²) in [5, 5.41) is 25.2. The van der Waals surface area contributed by atoms with Crippen LogP contribution in [-0.2, 0) is 4.79 Å². The maximum atomic E-state index is 12.5. The molecular formula is C26H20N6OS2. The van der Waals surface area contributed by atoms with E-state index in [-0.39, 0.29) is 29.3 Å². The van der Waals surface area contributed by atoms with E-state index in [1.54, 1.807) is 0 Å². The van der Waals surface area contributed by atoms with E-state index in [4.69, 9.17) is 5.73 Å². The second-order valence-electron chi connectivity index (χ2n) is 7.57. The summed E-state index contributed by atoms with van der Waals surface area (Å²) >= 11 is 2.62. The lowest BCUT2D eigenvalue weighted by Gasteiger charge is -2.13. The Morgan fingerprint density at radius 1 is 1.03 bits per heavy atom. The molecule has 1 amide bonds. The second-order valence-corrected chi connectivity index (χ2v) is 9.51. The van der Waals surface area contributed by atoms with Crippen molar-refractivity contribution in [3.8, 4) is 34.5 Å². The zero-order valence-electron chi connectivity index (χ0n) is 18.8. The number of hydrogen-bond donors (Lipinski definition) is 2. The van der Waals surface area contributed by atoms with Crippen LogP contribution in [0.3, 0.4) is 0 Å². The highest BCUT2D eigenvalue weighted by Crippen LogP contribution is 2.36. The molecule has 4 rings (SSSR count). The van der Waals surface area contributed by atoms with Gasteiger partial charge < -0.3 is 11.1 Å². The van der Waals surface area contributed by atoms with Crippen molar-refractivity contribution in [2.75, 3.05) is 16.8 Å². The van der Waals surface area contributed by atoms with Crippen molar-refractivity contribution in [1.82, 2.24) is 9.97 Å². The van der Waals surface area contributed by atoms with Crippen LogP contribution in [-0.4, -0.2) is 21.6 Å². The van der Waals surface area contributed by atoms with Gasteiger partial charge in [0.2, 0.25) is 5.91 Å². The zero-order chi connectivity index (χ0) is 24.8. The lowest BCUT2D eigenvalue weighted by molar-refractivity contribution is -0.115. The number of nitrogen functional groups attached to an aromatic ring is 1. The average molecular weight is 497 g/mol. The molecular weight excluding hydrogens is 476 g/mol. The maximum absolute atomic E-state index is 12.5. The van der Waals surface area contributed by atoms with Gasteiger partial charge in [-0.3, -0.25) is 4.79 Å². The van der Waals surface area contributed by atoms with Crippen LogP contribution in [0.2, 0.25) is 0 Å². The molecule has 4 aromatic rings. The van der Waals surface area contributed by atoms with Crippen LogP contribution in [0.15, 0.2) is 65.0 Å². The summed E-state index contributed by atoms with van der Waals surface area (Å²) in [5.41, 5.74) is 10.5. The highest BCUT2D eigenvalue weighted by molar-refractivity contribution is 7.99. The van der Waals surface area contributed by atoms with Gasteiger partial charge in [0.1, 0.15) is 28.5 Å². The molecule has 0 saturated heterocycles. The second kappa shape index (κ2) is 10.8. The van der Waals surface area contributed by atoms with Crippen LogP contribution < -0.4 is 11.1 Å². The smallest absolute Gasteiger partial charge is 0.226 e. The monoisotopic (exact) mass is 496 g/mol. The minimum absolute atomic E-state index is 0.0604. The number of rotatable bonds is 7. The van der Waals surface area contributed by atoms with Crippen molar-refractivity contribution >= 4 is 40.0 Å². The van der Waals surface area contributed by atoms with Gasteiger partial charge in [-0.15, -0.1) is 23.1 Å². The summed E-state index contributed by atoms with van der Waals surface area (Å²) in [6.45, 7) is 1.96. The molecule has 0 atom stereocenters. The third-order valence-electron chi connectivity index (χ3n) is 5.14. The minimum atomic E-state index is -0.189. The number of nitrogens with one attached hydrogen (secondary N) is 1. The Labute approximate surface area is 211 Å². The van der Waals surface area contributed by atoms with Gasteiger partial charge in [0.05, 0.1) is 11.3 Å². The lowest BCUT2D eigenvalue weighted by atomic mass is 9.96. The lowest BCUT2D eigenvalue weighted by Crippen LogP contribution is -2.12. The first-order chi connectivity index (χ1) is 17.0. The molecule has 0 aliphatic heterocycles. The van der Waals surface area contributed by atoms with Crippen molar-refractivity contribution in [1.29, 1.82) is 10.5 Å². The Morgan fingerprint density at radius 2 is 1.74 bits per heavy atom. The topological polar surface area (TPSA) is 128 Å². The number of nitrogens with two attached hydrogens (primary N) is 1. The van der Waals surface area contributed by atoms with Crippen LogP contribution in [0.1, 0.15) is 23.1 Å². The molecule has 0 aliphatic rings. The average Bonchev–Trinajstić information content (AvgIpc) is 3.33. The fourth-order valence-electron chi connectivity index (χ4n) is 3.41. The first kappa shape index (κ1) is 24.0. The third kappa shape index (κ3) is 5.49. The molecule has 0 fully saturated rings. The molecule has 9 heteroatoms. The number of hydrogen-bond acceptors (Lipinski definition) is 8. The molecule has 3 N–H and O–H groups in total. The van der Waals surface area contributed by atoms with E-state index in [9.17, 15) is 15.3 Å². The molecule has 0 unspecified atom stereocenters. The summed E-state index contributed by atoms with van der Waals surface area (Å²) in [6, 6.07) is 21.5. The first-order valence-corrected chi connectivity index (χ1v) is 12.5. The summed E-state index contributed by atoms with van der Waals surface area (Å²) in [7, 11) is 0. The summed E-state index contributed by atoms with van der Waals surface area (Å²) in [5.74, 6) is 0.249. The fourth-order valence-corrected chi connectivity index (χ4v) is 5.08. The number of carbonyl (C=O) groups excluding carboxylic acids is 1. The predicted octanol–water partition coefficient (Wildman–Crippen LogP) is 5.63. The van der Waals surface area contributed by atoms with Crippen LogP contribution in [0.5, 0.6) is 0 Å². The first-order valence-electron chi connectivity index (χ1n) is 10.6. The molecule has 2 aromatic carbocycles. The van der Waals surface area contributed by atoms with Crippen LogP contribution in [0.4, 0.5) is 10.9 Å². The van der Waals surface area contributed by atoms with Gasteiger partial charge in [0.25, 0.3) is 0 Å². The number of anilines is 2. The molecule has 2 aromatic heterocycles. The van der Waals surface area contributed by atoms with Crippen LogP contribution >= 0.6 is 23.1 Å². The number of nitrogens with zero attached hydrogens (tertiary/aromatic N) is 4. The van der Waals surface area contributed by atoms with Gasteiger partial charge in [-0.1, -0.05) is 60.2 Å². The van der Waals surface area contributed by atoms with E-state index in [0.717, 1.165) is 22.4 Å². The number of thiazole rings is 1. The highest BCUT2D eigenvalue weighted by atomic mass is 32.2. The molecule has 35 heavy (non-hydrogen) atoms. The normalized spacial score (nSPS) is 10.4. The number of aromatic nitrogens is 2. The fraction of sp³-hybridized carbons (Fsp3) is 0.115. The van der Waals surface area contributed by atoms with Crippen molar-refractivity contribution in [2.45, 2.75) is 18.4 Å². The van der Waals surface area contributed by atoms with Crippen molar-refractivity contribution < 1.29 is 4.79 Å². The number of carbonyl (C=O) groups is 1. The largest absolute Gasteiger partial charge is 0.383 e. The Morgan fingerprint density at radius 3 is 2.43 bits per heavy atom. The molecule has 7 nitrogen and oxygen atoms in total. The number of aryl methyl sites for hydroxylation is 1. The van der Waals surface area contributed by atoms with E-state index >= 15 is 0 Å². The molecule has 172 valence electrons. The molecule has 0 aliphatic carbocycles. The Bertz CT molecular complexity index is 1450. The van der Waals surface area contributed by atoms with Crippen molar-refractivity contribution in [3.63, 3.8) is 0 Å². The zero-order valence-corrected chi connectivity index (χ0v) is 20.4. The summed E-state index contributed by atoms with van der Waals surface area (Å²) in [4.78, 5) is 21.2. The molecule has 0 radical (unpaired) electrons. The number of nitriles is 2. The van der Waals surface area contributed by atoms with Gasteiger partial charge in [-0.25, -0.2) is 9.97 Å². The molecule has 2 heterocycles. The highest BCUT2D eigenvalue weighted by Gasteiger charge is 2.20. The van der Waals surface area contributed by atoms with Crippen molar-refractivity contribution in [3.05, 3.63) is 76.7 Å². The molecule has 0 saturated carbocycles. The summed E-state index contributed by atoms with van der Waals surface area (Å²) in [6.07, 6.45) is 0.192. The van der Waals surface area contributed by atoms with Gasteiger partial charge >= 0.3 is 0 Å². The van der Waals surface area contributed by atoms with Gasteiger partial charge in [-0.05, 0) is 12.5 Å². The van der Waals surface area contributed by atoms with Crippen LogP contribution in [0.25, 0.3) is 22.4 Å². The van der Waals surface area contributed by atoms with E-state index < -0.39 is 0 Å². The Balaban J connectivity index is 1.47. The molecule has 0 bridgehead atoms.